The first kappa shape index (κ1) is 9.57. The van der Waals surface area contributed by atoms with Crippen LogP contribution in [0.15, 0.2) is 0 Å². The second kappa shape index (κ2) is 3.11. The van der Waals surface area contributed by atoms with Crippen molar-refractivity contribution in [2.24, 2.45) is 0 Å². The smallest absolute Gasteiger partial charge is 0.346 e. The molecule has 0 aromatic carbocycles. The maximum Gasteiger partial charge on any atom is 0.346 e. The van der Waals surface area contributed by atoms with Gasteiger partial charge >= 0.3 is 2.45 Å². The fourth-order valence-electron chi connectivity index (χ4n) is 0.153. The number of aliphatic hydroxyl groups is 1. The summed E-state index contributed by atoms with van der Waals surface area (Å²) in [7, 11) is 0. The van der Waals surface area contributed by atoms with Crippen LogP contribution in [0.2, 0.25) is 0 Å². The zero-order valence-corrected chi connectivity index (χ0v) is 8.29. The van der Waals surface area contributed by atoms with E-state index in [1.807, 2.05) is 0 Å². The second-order valence-corrected chi connectivity index (χ2v) is 5.86. The van der Waals surface area contributed by atoms with Crippen LogP contribution >= 0.6 is 38.5 Å². The fraction of sp³-hybridized carbons (Fsp3) is 1.00. The van der Waals surface area contributed by atoms with Crippen molar-refractivity contribution in [3.05, 3.63) is 10.1 Å². The lowest BCUT2D eigenvalue weighted by Gasteiger charge is -2.13. The van der Waals surface area contributed by atoms with Gasteiger partial charge in [-0.2, -0.15) is 0 Å². The highest BCUT2D eigenvalue weighted by atomic mass is 127. The van der Waals surface area contributed by atoms with Crippen molar-refractivity contribution in [1.29, 1.82) is 0 Å². The van der Waals surface area contributed by atoms with Gasteiger partial charge in [0.15, 0.2) is 0 Å². The molecule has 2 atom stereocenters. The van der Waals surface area contributed by atoms with Crippen LogP contribution in [0.4, 0.5) is 0 Å². The fourth-order valence-corrected chi connectivity index (χ4v) is 0.153. The van der Waals surface area contributed by atoms with E-state index in [0.29, 0.717) is 0 Å². The summed E-state index contributed by atoms with van der Waals surface area (Å²) in [6.07, 6.45) is -1.01. The van der Waals surface area contributed by atoms with Crippen LogP contribution in [0.25, 0.3) is 0 Å². The van der Waals surface area contributed by atoms with Crippen LogP contribution in [0.5, 0.6) is 0 Å². The molecule has 54 valence electrons. The Labute approximate surface area is 74.0 Å². The van der Waals surface area contributed by atoms with E-state index in [2.05, 4.69) is 15.9 Å². The molecule has 0 radical (unpaired) electrons. The van der Waals surface area contributed by atoms with Gasteiger partial charge in [0, 0.05) is 38.5 Å². The van der Waals surface area contributed by atoms with Crippen LogP contribution in [-0.2, 0) is 0 Å². The Morgan fingerprint density at radius 3 is 2.33 bits per heavy atom. The summed E-state index contributed by atoms with van der Waals surface area (Å²) in [4.78, 5) is 9.47. The van der Waals surface area contributed by atoms with Crippen LogP contribution in [-0.4, -0.2) is 18.6 Å². The largest absolute Gasteiger partial charge is 0.384 e. The Balaban J connectivity index is 4.19. The molecular formula is C3H5BrINO3. The third kappa shape index (κ3) is 2.34. The van der Waals surface area contributed by atoms with Gasteiger partial charge in [0.2, 0.25) is 0 Å². The monoisotopic (exact) mass is 309 g/mol. The van der Waals surface area contributed by atoms with Gasteiger partial charge in [-0.25, -0.2) is 0 Å². The Morgan fingerprint density at radius 2 is 2.33 bits per heavy atom. The summed E-state index contributed by atoms with van der Waals surface area (Å²) in [6, 6.07) is 0. The highest BCUT2D eigenvalue weighted by Crippen LogP contribution is 2.30. The van der Waals surface area contributed by atoms with Gasteiger partial charge in [-0.15, -0.1) is 0 Å². The number of rotatable bonds is 2. The van der Waals surface area contributed by atoms with Crippen molar-refractivity contribution >= 4 is 38.5 Å². The molecule has 0 aliphatic heterocycles. The number of nitro groups is 1. The van der Waals surface area contributed by atoms with Crippen molar-refractivity contribution in [3.8, 4) is 0 Å². The minimum absolute atomic E-state index is 0.585. The Hall–Kier alpha value is 0.570. The van der Waals surface area contributed by atoms with E-state index in [9.17, 15) is 10.1 Å². The molecule has 0 amide bonds. The van der Waals surface area contributed by atoms with Crippen LogP contribution in [0.1, 0.15) is 6.92 Å². The maximum atomic E-state index is 10.1. The van der Waals surface area contributed by atoms with Crippen molar-refractivity contribution < 1.29 is 10.0 Å². The molecule has 0 aliphatic carbocycles. The van der Waals surface area contributed by atoms with Gasteiger partial charge in [0.25, 0.3) is 0 Å². The van der Waals surface area contributed by atoms with Crippen molar-refractivity contribution in [3.63, 3.8) is 0 Å². The molecule has 6 heteroatoms. The molecule has 0 saturated carbocycles. The Bertz CT molecular complexity index is 126. The van der Waals surface area contributed by atoms with E-state index in [1.165, 1.54) is 29.5 Å². The third-order valence-electron chi connectivity index (χ3n) is 0.746. The van der Waals surface area contributed by atoms with Gasteiger partial charge in [-0.1, -0.05) is 0 Å². The average molecular weight is 310 g/mol. The Morgan fingerprint density at radius 1 is 2.00 bits per heavy atom. The standard InChI is InChI=1S/C3H5BrINO3/c1-2(7)3(4,5)6(8)9/h2,7H,1H3. The minimum Gasteiger partial charge on any atom is -0.384 e. The molecular weight excluding hydrogens is 305 g/mol. The minimum atomic E-state index is -1.44. The molecule has 0 spiro atoms. The normalized spacial score (nSPS) is 20.4. The second-order valence-electron chi connectivity index (χ2n) is 1.52. The maximum absolute atomic E-state index is 10.1. The number of aliphatic hydroxyl groups excluding tert-OH is 1. The van der Waals surface area contributed by atoms with Crippen LogP contribution in [0.3, 0.4) is 0 Å². The highest BCUT2D eigenvalue weighted by molar-refractivity contribution is 14.1. The van der Waals surface area contributed by atoms with Gasteiger partial charge in [-0.05, 0) is 6.92 Å². The number of hydrogen-bond acceptors (Lipinski definition) is 3. The molecule has 0 aromatic heterocycles. The van der Waals surface area contributed by atoms with Crippen molar-refractivity contribution in [1.82, 2.24) is 0 Å². The van der Waals surface area contributed by atoms with Crippen molar-refractivity contribution in [2.75, 3.05) is 0 Å². The summed E-state index contributed by atoms with van der Waals surface area (Å²) in [5, 5.41) is 18.8. The first-order valence-corrected chi connectivity index (χ1v) is 3.96. The zero-order chi connectivity index (χ0) is 7.65. The summed E-state index contributed by atoms with van der Waals surface area (Å²) in [5.74, 6) is 0. The summed E-state index contributed by atoms with van der Waals surface area (Å²) >= 11 is 4.27. The first-order valence-electron chi connectivity index (χ1n) is 2.09. The zero-order valence-electron chi connectivity index (χ0n) is 4.54. The van der Waals surface area contributed by atoms with Crippen LogP contribution < -0.4 is 0 Å². The molecule has 2 unspecified atom stereocenters. The lowest BCUT2D eigenvalue weighted by atomic mass is 10.4. The number of hydrogen-bond donors (Lipinski definition) is 1. The molecule has 0 saturated heterocycles. The number of nitrogens with zero attached hydrogens (tertiary/aromatic N) is 1. The number of alkyl halides is 2. The summed E-state index contributed by atoms with van der Waals surface area (Å²) in [6.45, 7) is 1.35. The van der Waals surface area contributed by atoms with Crippen LogP contribution in [0, 0.1) is 10.1 Å². The van der Waals surface area contributed by atoms with E-state index in [4.69, 9.17) is 5.11 Å². The molecule has 0 bridgehead atoms. The third-order valence-corrected chi connectivity index (χ3v) is 2.99. The predicted octanol–water partition coefficient (Wildman–Crippen LogP) is 1.13. The molecule has 0 aliphatic rings. The molecule has 0 heterocycles. The molecule has 4 nitrogen and oxygen atoms in total. The van der Waals surface area contributed by atoms with Gasteiger partial charge in [0.1, 0.15) is 6.10 Å². The molecule has 1 N–H and O–H groups in total. The Kier molecular flexibility index (Phi) is 3.30. The lowest BCUT2D eigenvalue weighted by molar-refractivity contribution is -0.510. The van der Waals surface area contributed by atoms with E-state index in [-0.39, 0.29) is 0 Å². The SMILES string of the molecule is CC(O)C(Br)(I)[N+](=O)[O-]. The summed E-state index contributed by atoms with van der Waals surface area (Å²) in [5.41, 5.74) is 0. The predicted molar refractivity (Wildman–Crippen MR) is 44.4 cm³/mol. The highest BCUT2D eigenvalue weighted by Gasteiger charge is 2.41. The molecule has 0 aromatic rings. The number of halogens is 2. The van der Waals surface area contributed by atoms with Gasteiger partial charge < -0.3 is 5.11 Å². The van der Waals surface area contributed by atoms with Gasteiger partial charge in [-0.3, -0.25) is 10.1 Å². The van der Waals surface area contributed by atoms with Gasteiger partial charge in [0.05, 0.1) is 4.92 Å². The lowest BCUT2D eigenvalue weighted by Crippen LogP contribution is -2.35. The van der Waals surface area contributed by atoms with E-state index >= 15 is 0 Å². The van der Waals surface area contributed by atoms with Crippen molar-refractivity contribution in [2.45, 2.75) is 15.5 Å². The summed E-state index contributed by atoms with van der Waals surface area (Å²) < 4.78 is -1.44. The van der Waals surface area contributed by atoms with E-state index < -0.39 is 13.5 Å². The molecule has 0 rings (SSSR count). The molecule has 0 fully saturated rings. The molecule has 9 heavy (non-hydrogen) atoms. The van der Waals surface area contributed by atoms with E-state index in [1.54, 1.807) is 0 Å². The average Bonchev–Trinajstić information content (AvgIpc) is 1.65. The quantitative estimate of drug-likeness (QED) is 0.273. The van der Waals surface area contributed by atoms with E-state index in [0.717, 1.165) is 0 Å². The first-order chi connectivity index (χ1) is 3.89. The topological polar surface area (TPSA) is 63.4 Å².